The second-order valence-electron chi connectivity index (χ2n) is 4.98. The van der Waals surface area contributed by atoms with Crippen molar-refractivity contribution in [2.75, 3.05) is 7.11 Å². The molecule has 0 saturated heterocycles. The van der Waals surface area contributed by atoms with E-state index in [4.69, 9.17) is 4.74 Å². The summed E-state index contributed by atoms with van der Waals surface area (Å²) in [6.45, 7) is 1.82. The molecule has 1 atom stereocenters. The Bertz CT molecular complexity index is 637. The van der Waals surface area contributed by atoms with E-state index in [1.54, 1.807) is 7.11 Å². The van der Waals surface area contributed by atoms with Crippen LogP contribution in [0.25, 0.3) is 5.57 Å². The lowest BCUT2D eigenvalue weighted by Gasteiger charge is -2.15. The van der Waals surface area contributed by atoms with E-state index in [0.717, 1.165) is 28.0 Å². The molecule has 0 amide bonds. The summed E-state index contributed by atoms with van der Waals surface area (Å²) in [5.74, 6) is 0.836. The Morgan fingerprint density at radius 1 is 1.00 bits per heavy atom. The van der Waals surface area contributed by atoms with E-state index in [-0.39, 0.29) is 0 Å². The molecular formula is C17H16O2. The third-order valence-corrected chi connectivity index (χ3v) is 3.59. The SMILES string of the molecule is COc1ccc(C2=CC(C)(O)c3ccccc32)cc1. The van der Waals surface area contributed by atoms with E-state index in [0.29, 0.717) is 0 Å². The minimum Gasteiger partial charge on any atom is -0.497 e. The Hall–Kier alpha value is -2.06. The molecule has 1 aliphatic rings. The number of hydrogen-bond acceptors (Lipinski definition) is 2. The van der Waals surface area contributed by atoms with Crippen LogP contribution in [0.4, 0.5) is 0 Å². The van der Waals surface area contributed by atoms with Crippen LogP contribution >= 0.6 is 0 Å². The van der Waals surface area contributed by atoms with E-state index in [2.05, 4.69) is 0 Å². The van der Waals surface area contributed by atoms with Crippen molar-refractivity contribution in [1.82, 2.24) is 0 Å². The number of rotatable bonds is 2. The van der Waals surface area contributed by atoms with Gasteiger partial charge in [0, 0.05) is 0 Å². The largest absolute Gasteiger partial charge is 0.497 e. The number of fused-ring (bicyclic) bond motifs is 1. The summed E-state index contributed by atoms with van der Waals surface area (Å²) in [7, 11) is 1.66. The standard InChI is InChI=1S/C17H16O2/c1-17(18)11-15(14-5-3-4-6-16(14)17)12-7-9-13(19-2)10-8-12/h3-11,18H,1-2H3. The first-order valence-electron chi connectivity index (χ1n) is 6.31. The molecule has 1 N–H and O–H groups in total. The van der Waals surface area contributed by atoms with Crippen LogP contribution < -0.4 is 4.74 Å². The van der Waals surface area contributed by atoms with Gasteiger partial charge in [0.05, 0.1) is 7.11 Å². The van der Waals surface area contributed by atoms with E-state index in [9.17, 15) is 5.11 Å². The van der Waals surface area contributed by atoms with Crippen LogP contribution in [0, 0.1) is 0 Å². The van der Waals surface area contributed by atoms with Gasteiger partial charge in [-0.25, -0.2) is 0 Å². The molecule has 96 valence electrons. The Morgan fingerprint density at radius 2 is 1.68 bits per heavy atom. The summed E-state index contributed by atoms with van der Waals surface area (Å²) in [6.07, 6.45) is 1.92. The molecule has 3 rings (SSSR count). The average molecular weight is 252 g/mol. The van der Waals surface area contributed by atoms with Crippen LogP contribution in [0.5, 0.6) is 5.75 Å². The molecule has 0 heterocycles. The zero-order valence-electron chi connectivity index (χ0n) is 11.1. The Labute approximate surface area is 113 Å². The van der Waals surface area contributed by atoms with Crippen LogP contribution in [-0.4, -0.2) is 12.2 Å². The first-order chi connectivity index (χ1) is 9.12. The average Bonchev–Trinajstić information content (AvgIpc) is 2.72. The van der Waals surface area contributed by atoms with E-state index < -0.39 is 5.60 Å². The van der Waals surface area contributed by atoms with Gasteiger partial charge < -0.3 is 9.84 Å². The number of hydrogen-bond donors (Lipinski definition) is 1. The monoisotopic (exact) mass is 252 g/mol. The zero-order chi connectivity index (χ0) is 13.5. The first kappa shape index (κ1) is 12.0. The van der Waals surface area contributed by atoms with Gasteiger partial charge in [-0.3, -0.25) is 0 Å². The van der Waals surface area contributed by atoms with Gasteiger partial charge >= 0.3 is 0 Å². The summed E-state index contributed by atoms with van der Waals surface area (Å²) in [5.41, 5.74) is 3.32. The van der Waals surface area contributed by atoms with Crippen LogP contribution in [0.2, 0.25) is 0 Å². The van der Waals surface area contributed by atoms with Gasteiger partial charge in [-0.15, -0.1) is 0 Å². The highest BCUT2D eigenvalue weighted by Crippen LogP contribution is 2.41. The molecule has 2 aromatic rings. The molecule has 2 nitrogen and oxygen atoms in total. The third-order valence-electron chi connectivity index (χ3n) is 3.59. The topological polar surface area (TPSA) is 29.5 Å². The van der Waals surface area contributed by atoms with E-state index >= 15 is 0 Å². The van der Waals surface area contributed by atoms with Gasteiger partial charge in [0.2, 0.25) is 0 Å². The van der Waals surface area contributed by atoms with Gasteiger partial charge in [-0.1, -0.05) is 36.4 Å². The molecule has 0 spiro atoms. The molecule has 19 heavy (non-hydrogen) atoms. The summed E-state index contributed by atoms with van der Waals surface area (Å²) >= 11 is 0. The van der Waals surface area contributed by atoms with Gasteiger partial charge in [0.25, 0.3) is 0 Å². The maximum absolute atomic E-state index is 10.5. The van der Waals surface area contributed by atoms with E-state index in [1.165, 1.54) is 0 Å². The summed E-state index contributed by atoms with van der Waals surface area (Å²) in [5, 5.41) is 10.5. The zero-order valence-corrected chi connectivity index (χ0v) is 11.1. The lowest BCUT2D eigenvalue weighted by atomic mass is 9.97. The molecule has 0 radical (unpaired) electrons. The quantitative estimate of drug-likeness (QED) is 0.888. The van der Waals surface area contributed by atoms with Crippen molar-refractivity contribution in [2.45, 2.75) is 12.5 Å². The molecule has 1 unspecified atom stereocenters. The smallest absolute Gasteiger partial charge is 0.118 e. The van der Waals surface area contributed by atoms with Crippen molar-refractivity contribution >= 4 is 5.57 Å². The Morgan fingerprint density at radius 3 is 2.37 bits per heavy atom. The fraction of sp³-hybridized carbons (Fsp3) is 0.176. The van der Waals surface area contributed by atoms with Gasteiger partial charge in [-0.2, -0.15) is 0 Å². The Kier molecular flexibility index (Phi) is 2.68. The van der Waals surface area contributed by atoms with Crippen molar-refractivity contribution < 1.29 is 9.84 Å². The molecule has 2 aromatic carbocycles. The normalized spacial score (nSPS) is 20.9. The third kappa shape index (κ3) is 1.94. The highest BCUT2D eigenvalue weighted by atomic mass is 16.5. The van der Waals surface area contributed by atoms with Gasteiger partial charge in [-0.05, 0) is 47.4 Å². The van der Waals surface area contributed by atoms with Crippen molar-refractivity contribution in [2.24, 2.45) is 0 Å². The van der Waals surface area contributed by atoms with Crippen LogP contribution in [0.3, 0.4) is 0 Å². The predicted octanol–water partition coefficient (Wildman–Crippen LogP) is 3.35. The van der Waals surface area contributed by atoms with Crippen molar-refractivity contribution in [3.8, 4) is 5.75 Å². The second-order valence-corrected chi connectivity index (χ2v) is 4.98. The van der Waals surface area contributed by atoms with Crippen LogP contribution in [0.1, 0.15) is 23.6 Å². The molecule has 0 saturated carbocycles. The molecule has 1 aliphatic carbocycles. The maximum Gasteiger partial charge on any atom is 0.118 e. The van der Waals surface area contributed by atoms with Crippen molar-refractivity contribution in [1.29, 1.82) is 0 Å². The minimum atomic E-state index is -0.897. The number of ether oxygens (including phenoxy) is 1. The number of benzene rings is 2. The molecule has 0 aliphatic heterocycles. The highest BCUT2D eigenvalue weighted by molar-refractivity contribution is 5.86. The van der Waals surface area contributed by atoms with Crippen LogP contribution in [0.15, 0.2) is 54.6 Å². The summed E-state index contributed by atoms with van der Waals surface area (Å²) in [4.78, 5) is 0. The van der Waals surface area contributed by atoms with E-state index in [1.807, 2.05) is 61.5 Å². The molecule has 0 bridgehead atoms. The van der Waals surface area contributed by atoms with Gasteiger partial charge in [0.1, 0.15) is 11.4 Å². The molecule has 0 fully saturated rings. The Balaban J connectivity index is 2.11. The van der Waals surface area contributed by atoms with Gasteiger partial charge in [0.15, 0.2) is 0 Å². The van der Waals surface area contributed by atoms with Crippen LogP contribution in [-0.2, 0) is 5.60 Å². The number of methoxy groups -OCH3 is 1. The lowest BCUT2D eigenvalue weighted by molar-refractivity contribution is 0.115. The minimum absolute atomic E-state index is 0.836. The second kappa shape index (κ2) is 4.25. The highest BCUT2D eigenvalue weighted by Gasteiger charge is 2.31. The predicted molar refractivity (Wildman–Crippen MR) is 76.1 cm³/mol. The van der Waals surface area contributed by atoms with Crippen molar-refractivity contribution in [3.63, 3.8) is 0 Å². The molecular weight excluding hydrogens is 236 g/mol. The fourth-order valence-corrected chi connectivity index (χ4v) is 2.61. The summed E-state index contributed by atoms with van der Waals surface area (Å²) < 4.78 is 5.17. The number of aliphatic hydroxyl groups is 1. The van der Waals surface area contributed by atoms with Crippen molar-refractivity contribution in [3.05, 3.63) is 71.3 Å². The maximum atomic E-state index is 10.5. The summed E-state index contributed by atoms with van der Waals surface area (Å²) in [6, 6.07) is 15.9. The molecule has 2 heteroatoms. The first-order valence-corrected chi connectivity index (χ1v) is 6.31. The lowest BCUT2D eigenvalue weighted by Crippen LogP contribution is -2.14. The fourth-order valence-electron chi connectivity index (χ4n) is 2.61. The molecule has 0 aromatic heterocycles.